The number of rotatable bonds is 4. The number of hydrogen-bond donors (Lipinski definition) is 2. The molecular formula is C15H13ClN2O2S. The van der Waals surface area contributed by atoms with Crippen molar-refractivity contribution in [3.05, 3.63) is 65.2 Å². The maximum Gasteiger partial charge on any atom is 0.269 e. The fraction of sp³-hybridized carbons (Fsp3) is 0.0667. The van der Waals surface area contributed by atoms with Gasteiger partial charge in [0.1, 0.15) is 0 Å². The minimum absolute atomic E-state index is 0.222. The normalized spacial score (nSPS) is 9.95. The Hall–Kier alpha value is -1.98. The van der Waals surface area contributed by atoms with Gasteiger partial charge in [0.05, 0.1) is 5.75 Å². The van der Waals surface area contributed by atoms with E-state index in [1.165, 1.54) is 17.8 Å². The third-order valence-corrected chi connectivity index (χ3v) is 3.76. The molecule has 6 heteroatoms. The third-order valence-electron chi connectivity index (χ3n) is 2.52. The summed E-state index contributed by atoms with van der Waals surface area (Å²) in [5.74, 6) is -0.463. The Bertz CT molecular complexity index is 635. The van der Waals surface area contributed by atoms with Crippen LogP contribution in [0.5, 0.6) is 0 Å². The summed E-state index contributed by atoms with van der Waals surface area (Å²) in [5, 5.41) is 0.466. The average Bonchev–Trinajstić information content (AvgIpc) is 2.51. The van der Waals surface area contributed by atoms with Crippen molar-refractivity contribution in [2.75, 3.05) is 5.75 Å². The molecule has 0 unspecified atom stereocenters. The molecule has 0 heterocycles. The minimum atomic E-state index is -0.407. The molecule has 0 saturated heterocycles. The number of thioether (sulfide) groups is 1. The maximum absolute atomic E-state index is 11.8. The van der Waals surface area contributed by atoms with Crippen LogP contribution >= 0.6 is 23.4 Å². The van der Waals surface area contributed by atoms with E-state index in [4.69, 9.17) is 11.6 Å². The quantitative estimate of drug-likeness (QED) is 0.672. The molecule has 0 atom stereocenters. The minimum Gasteiger partial charge on any atom is -0.272 e. The topological polar surface area (TPSA) is 58.2 Å². The lowest BCUT2D eigenvalue weighted by molar-refractivity contribution is -0.119. The number of hydrogen-bond acceptors (Lipinski definition) is 3. The first-order chi connectivity index (χ1) is 10.1. The Morgan fingerprint density at radius 1 is 1.00 bits per heavy atom. The largest absolute Gasteiger partial charge is 0.272 e. The fourth-order valence-corrected chi connectivity index (χ4v) is 2.44. The van der Waals surface area contributed by atoms with E-state index in [0.29, 0.717) is 10.6 Å². The summed E-state index contributed by atoms with van der Waals surface area (Å²) in [6, 6.07) is 16.0. The first kappa shape index (κ1) is 15.4. The summed E-state index contributed by atoms with van der Waals surface area (Å²) in [5.41, 5.74) is 5.11. The molecule has 0 radical (unpaired) electrons. The summed E-state index contributed by atoms with van der Waals surface area (Å²) in [6.07, 6.45) is 0. The van der Waals surface area contributed by atoms with Crippen molar-refractivity contribution in [2.24, 2.45) is 0 Å². The lowest BCUT2D eigenvalue weighted by Crippen LogP contribution is -2.42. The van der Waals surface area contributed by atoms with E-state index in [-0.39, 0.29) is 11.7 Å². The van der Waals surface area contributed by atoms with Gasteiger partial charge in [0.2, 0.25) is 5.91 Å². The molecule has 2 rings (SSSR count). The van der Waals surface area contributed by atoms with Gasteiger partial charge in [-0.05, 0) is 30.3 Å². The van der Waals surface area contributed by atoms with E-state index in [2.05, 4.69) is 10.9 Å². The average molecular weight is 321 g/mol. The van der Waals surface area contributed by atoms with Crippen molar-refractivity contribution in [1.82, 2.24) is 10.9 Å². The Morgan fingerprint density at radius 3 is 2.48 bits per heavy atom. The monoisotopic (exact) mass is 320 g/mol. The molecule has 0 fully saturated rings. The Labute approximate surface area is 131 Å². The van der Waals surface area contributed by atoms with E-state index in [1.807, 2.05) is 30.3 Å². The van der Waals surface area contributed by atoms with E-state index < -0.39 is 5.91 Å². The highest BCUT2D eigenvalue weighted by Gasteiger charge is 2.08. The second-order valence-corrected chi connectivity index (χ2v) is 5.60. The van der Waals surface area contributed by atoms with Gasteiger partial charge in [-0.25, -0.2) is 0 Å². The molecule has 108 valence electrons. The van der Waals surface area contributed by atoms with Crippen molar-refractivity contribution in [2.45, 2.75) is 4.90 Å². The zero-order chi connectivity index (χ0) is 15.1. The standard InChI is InChI=1S/C15H13ClN2O2S/c16-12-6-4-5-11(9-12)15(20)18-17-14(19)10-21-13-7-2-1-3-8-13/h1-9H,10H2,(H,17,19)(H,18,20). The van der Waals surface area contributed by atoms with Gasteiger partial charge in [-0.2, -0.15) is 0 Å². The molecular weight excluding hydrogens is 308 g/mol. The van der Waals surface area contributed by atoms with Gasteiger partial charge in [0, 0.05) is 15.5 Å². The zero-order valence-electron chi connectivity index (χ0n) is 11.0. The van der Waals surface area contributed by atoms with Crippen LogP contribution in [0, 0.1) is 0 Å². The summed E-state index contributed by atoms with van der Waals surface area (Å²) < 4.78 is 0. The van der Waals surface area contributed by atoms with E-state index in [1.54, 1.807) is 18.2 Å². The molecule has 0 bridgehead atoms. The van der Waals surface area contributed by atoms with Gasteiger partial charge in [0.25, 0.3) is 5.91 Å². The molecule has 0 spiro atoms. The highest BCUT2D eigenvalue weighted by atomic mass is 35.5. The number of carbonyl (C=O) groups excluding carboxylic acids is 2. The third kappa shape index (κ3) is 5.13. The molecule has 21 heavy (non-hydrogen) atoms. The van der Waals surface area contributed by atoms with Crippen LogP contribution in [0.25, 0.3) is 0 Å². The predicted molar refractivity (Wildman–Crippen MR) is 84.2 cm³/mol. The van der Waals surface area contributed by atoms with Crippen molar-refractivity contribution in [3.8, 4) is 0 Å². The maximum atomic E-state index is 11.8. The molecule has 2 aromatic carbocycles. The van der Waals surface area contributed by atoms with E-state index in [0.717, 1.165) is 4.90 Å². The summed E-state index contributed by atoms with van der Waals surface area (Å²) >= 11 is 7.19. The van der Waals surface area contributed by atoms with Crippen molar-refractivity contribution < 1.29 is 9.59 Å². The Balaban J connectivity index is 1.77. The summed E-state index contributed by atoms with van der Waals surface area (Å²) in [4.78, 5) is 24.4. The van der Waals surface area contributed by atoms with Crippen LogP contribution in [-0.4, -0.2) is 17.6 Å². The highest BCUT2D eigenvalue weighted by Crippen LogP contribution is 2.16. The lowest BCUT2D eigenvalue weighted by Gasteiger charge is -2.07. The van der Waals surface area contributed by atoms with Gasteiger partial charge >= 0.3 is 0 Å². The molecule has 0 saturated carbocycles. The van der Waals surface area contributed by atoms with Gasteiger partial charge in [0.15, 0.2) is 0 Å². The summed E-state index contributed by atoms with van der Waals surface area (Å²) in [6.45, 7) is 0. The van der Waals surface area contributed by atoms with Crippen LogP contribution < -0.4 is 10.9 Å². The van der Waals surface area contributed by atoms with Crippen molar-refractivity contribution in [1.29, 1.82) is 0 Å². The number of benzene rings is 2. The first-order valence-electron chi connectivity index (χ1n) is 6.18. The number of nitrogens with one attached hydrogen (secondary N) is 2. The first-order valence-corrected chi connectivity index (χ1v) is 7.54. The summed E-state index contributed by atoms with van der Waals surface area (Å²) in [7, 11) is 0. The highest BCUT2D eigenvalue weighted by molar-refractivity contribution is 8.00. The van der Waals surface area contributed by atoms with Crippen LogP contribution in [0.3, 0.4) is 0 Å². The molecule has 2 amide bonds. The Kier molecular flexibility index (Phi) is 5.66. The van der Waals surface area contributed by atoms with Crippen LogP contribution in [0.2, 0.25) is 5.02 Å². The second kappa shape index (κ2) is 7.71. The lowest BCUT2D eigenvalue weighted by atomic mass is 10.2. The van der Waals surface area contributed by atoms with E-state index >= 15 is 0 Å². The SMILES string of the molecule is O=C(CSc1ccccc1)NNC(=O)c1cccc(Cl)c1. The second-order valence-electron chi connectivity index (χ2n) is 4.11. The van der Waals surface area contributed by atoms with Crippen LogP contribution in [0.4, 0.5) is 0 Å². The van der Waals surface area contributed by atoms with Gasteiger partial charge < -0.3 is 0 Å². The molecule has 0 aliphatic heterocycles. The van der Waals surface area contributed by atoms with Crippen LogP contribution in [-0.2, 0) is 4.79 Å². The molecule has 0 aliphatic rings. The molecule has 2 aromatic rings. The molecule has 0 aromatic heterocycles. The van der Waals surface area contributed by atoms with Crippen molar-refractivity contribution in [3.63, 3.8) is 0 Å². The predicted octanol–water partition coefficient (Wildman–Crippen LogP) is 2.89. The van der Waals surface area contributed by atoms with Gasteiger partial charge in [-0.1, -0.05) is 35.9 Å². The molecule has 4 nitrogen and oxygen atoms in total. The van der Waals surface area contributed by atoms with Gasteiger partial charge in [-0.15, -0.1) is 11.8 Å². The fourth-order valence-electron chi connectivity index (χ4n) is 1.53. The number of hydrazine groups is 1. The molecule has 2 N–H and O–H groups in total. The van der Waals surface area contributed by atoms with E-state index in [9.17, 15) is 9.59 Å². The van der Waals surface area contributed by atoms with Crippen LogP contribution in [0.15, 0.2) is 59.5 Å². The number of amides is 2. The van der Waals surface area contributed by atoms with Gasteiger partial charge in [-0.3, -0.25) is 20.4 Å². The Morgan fingerprint density at radius 2 is 1.76 bits per heavy atom. The number of halogens is 1. The smallest absolute Gasteiger partial charge is 0.269 e. The van der Waals surface area contributed by atoms with Crippen LogP contribution in [0.1, 0.15) is 10.4 Å². The number of carbonyl (C=O) groups is 2. The molecule has 0 aliphatic carbocycles. The zero-order valence-corrected chi connectivity index (χ0v) is 12.6. The van der Waals surface area contributed by atoms with Crippen molar-refractivity contribution >= 4 is 35.2 Å².